The largest absolute Gasteiger partial charge is 0.358 e. The molecule has 2 aliphatic rings. The average molecular weight is 369 g/mol. The van der Waals surface area contributed by atoms with Gasteiger partial charge in [0.1, 0.15) is 0 Å². The van der Waals surface area contributed by atoms with Crippen molar-refractivity contribution in [3.05, 3.63) is 70.5 Å². The Hall–Kier alpha value is -2.56. The number of hydrogen-bond donors (Lipinski definition) is 3. The van der Waals surface area contributed by atoms with Gasteiger partial charge >= 0.3 is 0 Å². The maximum absolute atomic E-state index is 4.66. The number of rotatable bonds is 1. The molecule has 4 heterocycles. The number of aromatic amines is 2. The van der Waals surface area contributed by atoms with E-state index in [1.54, 1.807) is 0 Å². The Bertz CT molecular complexity index is 1170. The van der Waals surface area contributed by atoms with Crippen molar-refractivity contribution in [2.75, 3.05) is 6.54 Å². The van der Waals surface area contributed by atoms with E-state index < -0.39 is 0 Å². The molecule has 4 nitrogen and oxygen atoms in total. The molecule has 2 aromatic heterocycles. The monoisotopic (exact) mass is 369 g/mol. The van der Waals surface area contributed by atoms with Gasteiger partial charge in [-0.15, -0.1) is 0 Å². The Labute approximate surface area is 164 Å². The molecular formula is C24H25N4. The van der Waals surface area contributed by atoms with Gasteiger partial charge in [0.2, 0.25) is 0 Å². The molecule has 2 aliphatic heterocycles. The lowest BCUT2D eigenvalue weighted by Gasteiger charge is -2.18. The highest BCUT2D eigenvalue weighted by Gasteiger charge is 2.24. The number of H-pyrrole nitrogens is 2. The van der Waals surface area contributed by atoms with E-state index in [1.807, 2.05) is 0 Å². The zero-order valence-electron chi connectivity index (χ0n) is 16.0. The van der Waals surface area contributed by atoms with E-state index in [-0.39, 0.29) is 0 Å². The van der Waals surface area contributed by atoms with Gasteiger partial charge in [0.15, 0.2) is 0 Å². The predicted octanol–water partition coefficient (Wildman–Crippen LogP) is 4.48. The van der Waals surface area contributed by atoms with Crippen molar-refractivity contribution in [1.82, 2.24) is 20.6 Å². The minimum absolute atomic E-state index is 0.378. The molecule has 0 saturated carbocycles. The maximum Gasteiger partial charge on any atom is 0.0538 e. The van der Waals surface area contributed by atoms with Crippen molar-refractivity contribution >= 4 is 21.8 Å². The minimum atomic E-state index is 0.378. The highest BCUT2D eigenvalue weighted by atomic mass is 14.9. The van der Waals surface area contributed by atoms with Gasteiger partial charge in [-0.2, -0.15) is 0 Å². The summed E-state index contributed by atoms with van der Waals surface area (Å²) >= 11 is 0. The van der Waals surface area contributed by atoms with Crippen LogP contribution in [0.2, 0.25) is 0 Å². The molecule has 0 saturated heterocycles. The zero-order chi connectivity index (χ0) is 18.5. The van der Waals surface area contributed by atoms with E-state index in [1.165, 1.54) is 49.9 Å². The van der Waals surface area contributed by atoms with Crippen molar-refractivity contribution in [2.24, 2.45) is 0 Å². The summed E-state index contributed by atoms with van der Waals surface area (Å²) in [6.07, 6.45) is 4.48. The van der Waals surface area contributed by atoms with Crippen LogP contribution >= 0.6 is 0 Å². The van der Waals surface area contributed by atoms with E-state index in [9.17, 15) is 0 Å². The number of fused-ring (bicyclic) bond motifs is 6. The molecule has 1 atom stereocenters. The predicted molar refractivity (Wildman–Crippen MR) is 114 cm³/mol. The molecule has 141 valence electrons. The number of para-hydroxylation sites is 1. The Morgan fingerprint density at radius 1 is 0.857 bits per heavy atom. The quantitative estimate of drug-likeness (QED) is 0.455. The fraction of sp³-hybridized carbons (Fsp3) is 0.333. The molecule has 0 amide bonds. The minimum Gasteiger partial charge on any atom is -0.358 e. The summed E-state index contributed by atoms with van der Waals surface area (Å²) in [7, 11) is 0. The molecule has 28 heavy (non-hydrogen) atoms. The van der Waals surface area contributed by atoms with Crippen molar-refractivity contribution in [3.63, 3.8) is 0 Å². The third-order valence-corrected chi connectivity index (χ3v) is 6.55. The highest BCUT2D eigenvalue weighted by molar-refractivity contribution is 5.89. The summed E-state index contributed by atoms with van der Waals surface area (Å²) in [5, 5.41) is 11.4. The lowest BCUT2D eigenvalue weighted by Crippen LogP contribution is -2.19. The maximum atomic E-state index is 4.66. The van der Waals surface area contributed by atoms with Crippen molar-refractivity contribution in [3.8, 4) is 0 Å². The normalized spacial score (nSPS) is 19.9. The van der Waals surface area contributed by atoms with Crippen LogP contribution in [0.4, 0.5) is 0 Å². The number of aryl methyl sites for hydroxylation is 2. The molecule has 0 fully saturated rings. The second-order valence-electron chi connectivity index (χ2n) is 8.16. The average Bonchev–Trinajstić information content (AvgIpc) is 3.06. The first kappa shape index (κ1) is 16.4. The van der Waals surface area contributed by atoms with Crippen LogP contribution in [0.1, 0.15) is 47.0 Å². The molecule has 0 aliphatic carbocycles. The highest BCUT2D eigenvalue weighted by Crippen LogP contribution is 2.36. The number of benzene rings is 2. The van der Waals surface area contributed by atoms with E-state index in [4.69, 9.17) is 0 Å². The first-order chi connectivity index (χ1) is 13.9. The second kappa shape index (κ2) is 6.50. The van der Waals surface area contributed by atoms with Crippen LogP contribution in [0.3, 0.4) is 0 Å². The van der Waals surface area contributed by atoms with Crippen molar-refractivity contribution < 1.29 is 0 Å². The second-order valence-corrected chi connectivity index (χ2v) is 8.16. The first-order valence-corrected chi connectivity index (χ1v) is 10.5. The molecule has 2 aromatic carbocycles. The van der Waals surface area contributed by atoms with Gasteiger partial charge in [-0.1, -0.05) is 30.3 Å². The van der Waals surface area contributed by atoms with Gasteiger partial charge in [-0.05, 0) is 54.5 Å². The van der Waals surface area contributed by atoms with Crippen LogP contribution in [-0.2, 0) is 25.9 Å². The number of nitrogens with one attached hydrogen (secondary N) is 3. The van der Waals surface area contributed by atoms with Gasteiger partial charge in [0, 0.05) is 52.3 Å². The van der Waals surface area contributed by atoms with Gasteiger partial charge in [0.25, 0.3) is 0 Å². The number of hydrogen-bond acceptors (Lipinski definition) is 1. The molecule has 4 heteroatoms. The fourth-order valence-electron chi connectivity index (χ4n) is 5.21. The molecular weight excluding hydrogens is 344 g/mol. The molecule has 1 unspecified atom stereocenters. The fourth-order valence-corrected chi connectivity index (χ4v) is 5.21. The summed E-state index contributed by atoms with van der Waals surface area (Å²) < 4.78 is 0. The van der Waals surface area contributed by atoms with Gasteiger partial charge in [-0.3, -0.25) is 0 Å². The van der Waals surface area contributed by atoms with Crippen molar-refractivity contribution in [1.29, 1.82) is 0 Å². The van der Waals surface area contributed by atoms with Gasteiger partial charge in [-0.25, -0.2) is 5.32 Å². The molecule has 0 spiro atoms. The lowest BCUT2D eigenvalue weighted by molar-refractivity contribution is 0.521. The van der Waals surface area contributed by atoms with E-state index >= 15 is 0 Å². The molecule has 6 rings (SSSR count). The summed E-state index contributed by atoms with van der Waals surface area (Å²) in [5.41, 5.74) is 9.65. The molecule has 0 bridgehead atoms. The summed E-state index contributed by atoms with van der Waals surface area (Å²) in [4.78, 5) is 7.32. The molecule has 4 aromatic rings. The van der Waals surface area contributed by atoms with Crippen LogP contribution in [0, 0.1) is 0 Å². The van der Waals surface area contributed by atoms with Crippen LogP contribution < -0.4 is 10.6 Å². The third-order valence-electron chi connectivity index (χ3n) is 6.55. The van der Waals surface area contributed by atoms with Gasteiger partial charge < -0.3 is 15.3 Å². The lowest BCUT2D eigenvalue weighted by atomic mass is 9.94. The Morgan fingerprint density at radius 3 is 2.75 bits per heavy atom. The Balaban J connectivity index is 1.40. The van der Waals surface area contributed by atoms with Crippen LogP contribution in [-0.4, -0.2) is 16.5 Å². The van der Waals surface area contributed by atoms with E-state index in [2.05, 4.69) is 63.1 Å². The standard InChI is InChI=1S/C24H25N4/c1-2-8-20-15(5-1)18-13-26-19(10-11-21(18)27-20)16-6-3-9-22-24(16)17-7-4-12-25-14-23(17)28-22/h1-3,5-6,8-9,19,26-28H,4,7,10-14H2. The summed E-state index contributed by atoms with van der Waals surface area (Å²) in [6.45, 7) is 2.73. The zero-order valence-corrected chi connectivity index (χ0v) is 16.0. The van der Waals surface area contributed by atoms with Crippen LogP contribution in [0.5, 0.6) is 0 Å². The number of aromatic nitrogens is 2. The summed E-state index contributed by atoms with van der Waals surface area (Å²) in [5.74, 6) is 0. The SMILES string of the molecule is c1ccc2c3c([nH]c2c1)CCC(c1cccc2[nH]c4c(c12)CCC[N]C4)NC3. The Morgan fingerprint density at radius 2 is 1.75 bits per heavy atom. The van der Waals surface area contributed by atoms with E-state index in [0.717, 1.165) is 45.3 Å². The molecule has 1 radical (unpaired) electrons. The summed E-state index contributed by atoms with van der Waals surface area (Å²) in [6, 6.07) is 15.8. The Kier molecular flexibility index (Phi) is 3.81. The molecule has 3 N–H and O–H groups in total. The smallest absolute Gasteiger partial charge is 0.0538 e. The first-order valence-electron chi connectivity index (χ1n) is 10.5. The third kappa shape index (κ3) is 2.52. The number of nitrogens with zero attached hydrogens (tertiary/aromatic N) is 1. The van der Waals surface area contributed by atoms with Crippen molar-refractivity contribution in [2.45, 2.75) is 44.8 Å². The topological polar surface area (TPSA) is 57.7 Å². The van der Waals surface area contributed by atoms with Gasteiger partial charge in [0.05, 0.1) is 6.54 Å². The van der Waals surface area contributed by atoms with Crippen LogP contribution in [0.25, 0.3) is 21.8 Å². The van der Waals surface area contributed by atoms with Crippen LogP contribution in [0.15, 0.2) is 42.5 Å². The van der Waals surface area contributed by atoms with E-state index in [0.29, 0.717) is 6.04 Å².